The average molecular weight is 273 g/mol. The van der Waals surface area contributed by atoms with Gasteiger partial charge >= 0.3 is 0 Å². The molecule has 0 spiro atoms. The summed E-state index contributed by atoms with van der Waals surface area (Å²) in [6.45, 7) is 3.17. The first-order chi connectivity index (χ1) is 9.26. The molecule has 0 N–H and O–H groups in total. The van der Waals surface area contributed by atoms with Crippen molar-refractivity contribution in [2.24, 2.45) is 5.92 Å². The van der Waals surface area contributed by atoms with E-state index in [4.69, 9.17) is 5.26 Å². The Hall–Kier alpha value is -1.47. The molecule has 3 nitrogen and oxygen atoms in total. The number of benzene rings is 1. The average Bonchev–Trinajstić information content (AvgIpc) is 2.75. The molecule has 1 heterocycles. The zero-order chi connectivity index (χ0) is 13.7. The Kier molecular flexibility index (Phi) is 4.86. The highest BCUT2D eigenvalue weighted by Crippen LogP contribution is 2.19. The molecule has 1 aromatic carbocycles. The first kappa shape index (κ1) is 14.0. The number of nitrogens with zero attached hydrogens (tertiary/aromatic N) is 3. The van der Waals surface area contributed by atoms with Gasteiger partial charge in [-0.05, 0) is 36.6 Å². The SMILES string of the molecule is CC(CCS)CCn1c(CC#N)nc2ccccc21. The topological polar surface area (TPSA) is 41.6 Å². The second kappa shape index (κ2) is 6.63. The van der Waals surface area contributed by atoms with Gasteiger partial charge in [0.2, 0.25) is 0 Å². The van der Waals surface area contributed by atoms with Crippen molar-refractivity contribution in [1.82, 2.24) is 9.55 Å². The summed E-state index contributed by atoms with van der Waals surface area (Å²) < 4.78 is 2.19. The highest BCUT2D eigenvalue weighted by atomic mass is 32.1. The van der Waals surface area contributed by atoms with Gasteiger partial charge in [0.05, 0.1) is 23.5 Å². The summed E-state index contributed by atoms with van der Waals surface area (Å²) in [5.41, 5.74) is 2.11. The Balaban J connectivity index is 2.24. The molecule has 0 aliphatic heterocycles. The van der Waals surface area contributed by atoms with Gasteiger partial charge in [-0.2, -0.15) is 17.9 Å². The van der Waals surface area contributed by atoms with E-state index in [1.807, 2.05) is 18.2 Å². The molecule has 0 fully saturated rings. The van der Waals surface area contributed by atoms with Crippen molar-refractivity contribution < 1.29 is 0 Å². The predicted molar refractivity (Wildman–Crippen MR) is 81.3 cm³/mol. The van der Waals surface area contributed by atoms with Crippen LogP contribution in [0.5, 0.6) is 0 Å². The van der Waals surface area contributed by atoms with Crippen LogP contribution in [0.2, 0.25) is 0 Å². The largest absolute Gasteiger partial charge is 0.327 e. The van der Waals surface area contributed by atoms with Crippen molar-refractivity contribution in [2.45, 2.75) is 32.7 Å². The van der Waals surface area contributed by atoms with Crippen molar-refractivity contribution in [3.8, 4) is 6.07 Å². The monoisotopic (exact) mass is 273 g/mol. The number of para-hydroxylation sites is 2. The van der Waals surface area contributed by atoms with Crippen LogP contribution in [-0.2, 0) is 13.0 Å². The summed E-state index contributed by atoms with van der Waals surface area (Å²) in [5.74, 6) is 2.45. The number of aromatic nitrogens is 2. The van der Waals surface area contributed by atoms with Gasteiger partial charge < -0.3 is 4.57 Å². The molecule has 0 amide bonds. The van der Waals surface area contributed by atoms with Crippen molar-refractivity contribution in [1.29, 1.82) is 5.26 Å². The van der Waals surface area contributed by atoms with Crippen LogP contribution in [0.25, 0.3) is 11.0 Å². The van der Waals surface area contributed by atoms with Crippen LogP contribution >= 0.6 is 12.6 Å². The molecular weight excluding hydrogens is 254 g/mol. The standard InChI is InChI=1S/C15H19N3S/c1-12(8-11-19)7-10-18-14-5-3-2-4-13(14)17-15(18)6-9-16/h2-5,12,19H,6-8,10-11H2,1H3. The first-order valence-electron chi connectivity index (χ1n) is 6.68. The van der Waals surface area contributed by atoms with Crippen LogP contribution in [0.15, 0.2) is 24.3 Å². The van der Waals surface area contributed by atoms with Crippen molar-refractivity contribution in [3.63, 3.8) is 0 Å². The summed E-state index contributed by atoms with van der Waals surface area (Å²) in [7, 11) is 0. The third-order valence-electron chi connectivity index (χ3n) is 3.44. The fourth-order valence-electron chi connectivity index (χ4n) is 2.29. The number of hydrogen-bond acceptors (Lipinski definition) is 3. The highest BCUT2D eigenvalue weighted by Gasteiger charge is 2.11. The minimum absolute atomic E-state index is 0.371. The molecule has 0 aliphatic carbocycles. The molecule has 0 radical (unpaired) electrons. The third-order valence-corrected chi connectivity index (χ3v) is 3.70. The second-order valence-corrected chi connectivity index (χ2v) is 5.36. The van der Waals surface area contributed by atoms with Crippen LogP contribution < -0.4 is 0 Å². The van der Waals surface area contributed by atoms with Gasteiger partial charge in [-0.3, -0.25) is 0 Å². The zero-order valence-electron chi connectivity index (χ0n) is 11.2. The van der Waals surface area contributed by atoms with Crippen LogP contribution in [0, 0.1) is 17.2 Å². The van der Waals surface area contributed by atoms with E-state index in [2.05, 4.69) is 41.2 Å². The molecular formula is C15H19N3S. The van der Waals surface area contributed by atoms with Crippen LogP contribution in [0.3, 0.4) is 0 Å². The summed E-state index contributed by atoms with van der Waals surface area (Å²) in [5, 5.41) is 8.92. The number of rotatable bonds is 6. The fourth-order valence-corrected chi connectivity index (χ4v) is 2.74. The number of imidazole rings is 1. The van der Waals surface area contributed by atoms with E-state index in [1.165, 1.54) is 0 Å². The first-order valence-corrected chi connectivity index (χ1v) is 7.31. The van der Waals surface area contributed by atoms with Crippen molar-refractivity contribution in [2.75, 3.05) is 5.75 Å². The number of thiol groups is 1. The summed E-state index contributed by atoms with van der Waals surface area (Å²) in [6, 6.07) is 10.3. The lowest BCUT2D eigenvalue weighted by Gasteiger charge is -2.12. The van der Waals surface area contributed by atoms with Crippen molar-refractivity contribution >= 4 is 23.7 Å². The van der Waals surface area contributed by atoms with Gasteiger partial charge in [0.1, 0.15) is 5.82 Å². The van der Waals surface area contributed by atoms with E-state index in [9.17, 15) is 0 Å². The highest BCUT2D eigenvalue weighted by molar-refractivity contribution is 7.80. The maximum absolute atomic E-state index is 8.92. The van der Waals surface area contributed by atoms with Gasteiger partial charge in [0.15, 0.2) is 0 Å². The van der Waals surface area contributed by atoms with Crippen molar-refractivity contribution in [3.05, 3.63) is 30.1 Å². The van der Waals surface area contributed by atoms with Gasteiger partial charge in [0, 0.05) is 6.54 Å². The lowest BCUT2D eigenvalue weighted by molar-refractivity contribution is 0.471. The molecule has 4 heteroatoms. The van der Waals surface area contributed by atoms with E-state index >= 15 is 0 Å². The summed E-state index contributed by atoms with van der Waals surface area (Å²) in [6.07, 6.45) is 2.60. The van der Waals surface area contributed by atoms with E-state index in [0.717, 1.165) is 42.0 Å². The Morgan fingerprint density at radius 3 is 2.89 bits per heavy atom. The van der Waals surface area contributed by atoms with Crippen LogP contribution in [-0.4, -0.2) is 15.3 Å². The minimum atomic E-state index is 0.371. The molecule has 0 bridgehead atoms. The predicted octanol–water partition coefficient (Wildman–Crippen LogP) is 3.45. The Morgan fingerprint density at radius 1 is 1.37 bits per heavy atom. The van der Waals surface area contributed by atoms with E-state index < -0.39 is 0 Å². The van der Waals surface area contributed by atoms with Crippen LogP contribution in [0.1, 0.15) is 25.6 Å². The normalized spacial score (nSPS) is 12.5. The quantitative estimate of drug-likeness (QED) is 0.819. The Bertz CT molecular complexity index is 583. The van der Waals surface area contributed by atoms with Gasteiger partial charge in [0.25, 0.3) is 0 Å². The smallest absolute Gasteiger partial charge is 0.124 e. The molecule has 19 heavy (non-hydrogen) atoms. The Labute approximate surface area is 119 Å². The molecule has 0 saturated carbocycles. The van der Waals surface area contributed by atoms with E-state index in [0.29, 0.717) is 12.3 Å². The summed E-state index contributed by atoms with van der Waals surface area (Å²) in [4.78, 5) is 4.55. The molecule has 100 valence electrons. The number of fused-ring (bicyclic) bond motifs is 1. The number of aryl methyl sites for hydroxylation is 1. The fraction of sp³-hybridized carbons (Fsp3) is 0.467. The maximum Gasteiger partial charge on any atom is 0.124 e. The van der Waals surface area contributed by atoms with Crippen LogP contribution in [0.4, 0.5) is 0 Å². The van der Waals surface area contributed by atoms with Gasteiger partial charge in [-0.15, -0.1) is 0 Å². The Morgan fingerprint density at radius 2 is 2.16 bits per heavy atom. The number of hydrogen-bond donors (Lipinski definition) is 1. The maximum atomic E-state index is 8.92. The molecule has 2 rings (SSSR count). The lowest BCUT2D eigenvalue weighted by atomic mass is 10.1. The van der Waals surface area contributed by atoms with E-state index in [-0.39, 0.29) is 0 Å². The lowest BCUT2D eigenvalue weighted by Crippen LogP contribution is -2.07. The molecule has 0 aliphatic rings. The van der Waals surface area contributed by atoms with E-state index in [1.54, 1.807) is 0 Å². The molecule has 0 saturated heterocycles. The minimum Gasteiger partial charge on any atom is -0.327 e. The summed E-state index contributed by atoms with van der Waals surface area (Å²) >= 11 is 4.28. The molecule has 2 aromatic rings. The second-order valence-electron chi connectivity index (χ2n) is 4.91. The third kappa shape index (κ3) is 3.30. The molecule has 1 aromatic heterocycles. The van der Waals surface area contributed by atoms with Gasteiger partial charge in [-0.1, -0.05) is 19.1 Å². The molecule has 1 unspecified atom stereocenters. The molecule has 1 atom stereocenters. The number of nitriles is 1. The zero-order valence-corrected chi connectivity index (χ0v) is 12.1. The van der Waals surface area contributed by atoms with Gasteiger partial charge in [-0.25, -0.2) is 4.98 Å².